The lowest BCUT2D eigenvalue weighted by atomic mass is 9.83. The molecule has 3 heterocycles. The van der Waals surface area contributed by atoms with Gasteiger partial charge in [-0.3, -0.25) is 9.59 Å². The minimum atomic E-state index is -0.879. The van der Waals surface area contributed by atoms with Gasteiger partial charge >= 0.3 is 5.97 Å². The average Bonchev–Trinajstić information content (AvgIpc) is 3.38. The fraction of sp³-hybridized carbons (Fsp3) is 0.207. The highest BCUT2D eigenvalue weighted by molar-refractivity contribution is 6.31. The number of aromatic nitrogens is 1. The van der Waals surface area contributed by atoms with Crippen LogP contribution in [0.2, 0.25) is 5.02 Å². The van der Waals surface area contributed by atoms with E-state index in [4.69, 9.17) is 16.3 Å². The monoisotopic (exact) mass is 534 g/mol. The number of hydrogen-bond donors (Lipinski definition) is 0. The maximum Gasteiger partial charge on any atom is 0.339 e. The maximum absolute atomic E-state index is 13.7. The van der Waals surface area contributed by atoms with Crippen LogP contribution in [0.4, 0.5) is 8.78 Å². The van der Waals surface area contributed by atoms with Crippen LogP contribution in [0.15, 0.2) is 66.9 Å². The SMILES string of the molecule is O=C(Cn1cc(C(=O)N2CCC3(CC2)OC(=O)c2cc(F)ccc23)c2ccc(Cl)cc21)c1cccc(F)c1. The first-order chi connectivity index (χ1) is 18.2. The zero-order chi connectivity index (χ0) is 26.6. The molecule has 0 aliphatic carbocycles. The normalized spacial score (nSPS) is 16.1. The van der Waals surface area contributed by atoms with Crippen molar-refractivity contribution in [3.05, 3.63) is 106 Å². The van der Waals surface area contributed by atoms with Crippen molar-refractivity contribution in [2.45, 2.75) is 25.0 Å². The van der Waals surface area contributed by atoms with E-state index in [2.05, 4.69) is 0 Å². The highest BCUT2D eigenvalue weighted by atomic mass is 35.5. The summed E-state index contributed by atoms with van der Waals surface area (Å²) in [5.74, 6) is -2.10. The molecule has 192 valence electrons. The van der Waals surface area contributed by atoms with E-state index in [0.717, 1.165) is 0 Å². The number of fused-ring (bicyclic) bond motifs is 3. The zero-order valence-corrected chi connectivity index (χ0v) is 20.8. The van der Waals surface area contributed by atoms with Crippen LogP contribution >= 0.6 is 11.6 Å². The second-order valence-electron chi connectivity index (χ2n) is 9.63. The quantitative estimate of drug-likeness (QED) is 0.247. The van der Waals surface area contributed by atoms with Gasteiger partial charge in [-0.1, -0.05) is 35.9 Å². The van der Waals surface area contributed by atoms with Gasteiger partial charge in [0.05, 0.1) is 23.2 Å². The Hall–Kier alpha value is -4.04. The van der Waals surface area contributed by atoms with Crippen LogP contribution < -0.4 is 0 Å². The van der Waals surface area contributed by atoms with Gasteiger partial charge in [0.1, 0.15) is 17.2 Å². The number of ketones is 1. The summed E-state index contributed by atoms with van der Waals surface area (Å²) in [6.07, 6.45) is 2.38. The Balaban J connectivity index is 1.27. The van der Waals surface area contributed by atoms with Crippen LogP contribution in [-0.2, 0) is 16.9 Å². The molecule has 1 spiro atoms. The lowest BCUT2D eigenvalue weighted by Crippen LogP contribution is -2.45. The van der Waals surface area contributed by atoms with Crippen molar-refractivity contribution in [2.24, 2.45) is 0 Å². The second-order valence-corrected chi connectivity index (χ2v) is 10.1. The maximum atomic E-state index is 13.7. The van der Waals surface area contributed by atoms with E-state index in [1.54, 1.807) is 46.0 Å². The third-order valence-electron chi connectivity index (χ3n) is 7.37. The average molecular weight is 535 g/mol. The molecule has 9 heteroatoms. The smallest absolute Gasteiger partial charge is 0.339 e. The molecule has 0 N–H and O–H groups in total. The highest BCUT2D eigenvalue weighted by Crippen LogP contribution is 2.44. The number of ether oxygens (including phenoxy) is 1. The first kappa shape index (κ1) is 24.3. The molecule has 6 nitrogen and oxygen atoms in total. The van der Waals surface area contributed by atoms with Crippen molar-refractivity contribution in [2.75, 3.05) is 13.1 Å². The van der Waals surface area contributed by atoms with Crippen LogP contribution in [0.5, 0.6) is 0 Å². The summed E-state index contributed by atoms with van der Waals surface area (Å²) in [4.78, 5) is 40.6. The molecular formula is C29H21ClF2N2O4. The number of halogens is 3. The van der Waals surface area contributed by atoms with Gasteiger partial charge in [0.2, 0.25) is 0 Å². The van der Waals surface area contributed by atoms with Crippen LogP contribution in [0.1, 0.15) is 49.5 Å². The summed E-state index contributed by atoms with van der Waals surface area (Å²) in [5.41, 5.74) is 1.25. The van der Waals surface area contributed by atoms with Crippen LogP contribution in [0, 0.1) is 11.6 Å². The molecule has 0 radical (unpaired) electrons. The van der Waals surface area contributed by atoms with Gasteiger partial charge in [0, 0.05) is 53.7 Å². The molecule has 1 aromatic heterocycles. The molecule has 1 fully saturated rings. The van der Waals surface area contributed by atoms with Crippen molar-refractivity contribution in [1.29, 1.82) is 0 Å². The zero-order valence-electron chi connectivity index (χ0n) is 20.0. The first-order valence-corrected chi connectivity index (χ1v) is 12.5. The summed E-state index contributed by atoms with van der Waals surface area (Å²) >= 11 is 6.23. The van der Waals surface area contributed by atoms with Crippen molar-refractivity contribution >= 4 is 40.2 Å². The fourth-order valence-electron chi connectivity index (χ4n) is 5.46. The Kier molecular flexibility index (Phi) is 5.79. The largest absolute Gasteiger partial charge is 0.450 e. The summed E-state index contributed by atoms with van der Waals surface area (Å²) in [5, 5.41) is 1.09. The van der Waals surface area contributed by atoms with E-state index in [1.807, 2.05) is 0 Å². The van der Waals surface area contributed by atoms with Gasteiger partial charge in [-0.05, 0) is 36.4 Å². The van der Waals surface area contributed by atoms with Gasteiger partial charge in [0.25, 0.3) is 5.91 Å². The predicted molar refractivity (Wildman–Crippen MR) is 136 cm³/mol. The van der Waals surface area contributed by atoms with Gasteiger partial charge in [-0.25, -0.2) is 13.6 Å². The molecule has 2 aliphatic rings. The Morgan fingerprint density at radius 2 is 1.74 bits per heavy atom. The molecule has 38 heavy (non-hydrogen) atoms. The molecule has 0 saturated carbocycles. The van der Waals surface area contributed by atoms with E-state index >= 15 is 0 Å². The Morgan fingerprint density at radius 1 is 0.974 bits per heavy atom. The first-order valence-electron chi connectivity index (χ1n) is 12.1. The number of benzene rings is 3. The fourth-order valence-corrected chi connectivity index (χ4v) is 5.62. The van der Waals surface area contributed by atoms with Crippen molar-refractivity contribution in [3.63, 3.8) is 0 Å². The molecule has 3 aromatic carbocycles. The molecule has 2 aliphatic heterocycles. The Labute approximate surface area is 221 Å². The minimum absolute atomic E-state index is 0.0972. The summed E-state index contributed by atoms with van der Waals surface area (Å²) in [6, 6.07) is 14.7. The summed E-state index contributed by atoms with van der Waals surface area (Å²) in [6.45, 7) is 0.552. The van der Waals surface area contributed by atoms with Gasteiger partial charge in [0.15, 0.2) is 5.78 Å². The Bertz CT molecular complexity index is 1640. The summed E-state index contributed by atoms with van der Waals surface area (Å²) in [7, 11) is 0. The minimum Gasteiger partial charge on any atom is -0.450 e. The number of piperidine rings is 1. The number of carbonyl (C=O) groups excluding carboxylic acids is 3. The number of rotatable bonds is 4. The molecule has 0 bridgehead atoms. The third kappa shape index (κ3) is 4.05. The van der Waals surface area contributed by atoms with Gasteiger partial charge in [-0.2, -0.15) is 0 Å². The number of amides is 1. The van der Waals surface area contributed by atoms with Crippen molar-refractivity contribution in [1.82, 2.24) is 9.47 Å². The van der Waals surface area contributed by atoms with E-state index in [9.17, 15) is 23.2 Å². The molecule has 1 amide bonds. The van der Waals surface area contributed by atoms with E-state index in [1.165, 1.54) is 30.3 Å². The number of likely N-dealkylation sites (tertiary alicyclic amines) is 1. The van der Waals surface area contributed by atoms with Crippen molar-refractivity contribution in [3.8, 4) is 0 Å². The standard InChI is InChI=1S/C29H21ClF2N2O4/c30-18-4-6-21-23(15-34(25(21)13-18)16-26(35)17-2-1-3-19(31)12-17)27(36)33-10-8-29(9-11-33)24-7-5-20(32)14-22(24)28(37)38-29/h1-7,12-15H,8-11,16H2. The predicted octanol–water partition coefficient (Wildman–Crippen LogP) is 5.76. The number of esters is 1. The van der Waals surface area contributed by atoms with Gasteiger partial charge < -0.3 is 14.2 Å². The highest BCUT2D eigenvalue weighted by Gasteiger charge is 2.48. The third-order valence-corrected chi connectivity index (χ3v) is 7.61. The van der Waals surface area contributed by atoms with Crippen molar-refractivity contribution < 1.29 is 27.9 Å². The topological polar surface area (TPSA) is 68.6 Å². The summed E-state index contributed by atoms with van der Waals surface area (Å²) < 4.78 is 34.7. The molecule has 6 rings (SSSR count). The molecule has 0 atom stereocenters. The molecule has 4 aromatic rings. The lowest BCUT2D eigenvalue weighted by Gasteiger charge is -2.38. The van der Waals surface area contributed by atoms with Crippen LogP contribution in [-0.4, -0.2) is 40.2 Å². The van der Waals surface area contributed by atoms with E-state index < -0.39 is 23.2 Å². The lowest BCUT2D eigenvalue weighted by molar-refractivity contribution is -0.0389. The van der Waals surface area contributed by atoms with E-state index in [0.29, 0.717) is 53.0 Å². The Morgan fingerprint density at radius 3 is 2.50 bits per heavy atom. The molecule has 0 unspecified atom stereocenters. The number of carbonyl (C=O) groups is 3. The molecular weight excluding hydrogens is 514 g/mol. The second kappa shape index (κ2) is 9.06. The number of nitrogens with zero attached hydrogens (tertiary/aromatic N) is 2. The van der Waals surface area contributed by atoms with E-state index in [-0.39, 0.29) is 29.4 Å². The van der Waals surface area contributed by atoms with Crippen LogP contribution in [0.25, 0.3) is 10.9 Å². The van der Waals surface area contributed by atoms with Gasteiger partial charge in [-0.15, -0.1) is 0 Å². The number of hydrogen-bond acceptors (Lipinski definition) is 4. The number of Topliss-reactive ketones (excluding diaryl/α,β-unsaturated/α-hetero) is 1. The molecule has 1 saturated heterocycles. The van der Waals surface area contributed by atoms with Crippen LogP contribution in [0.3, 0.4) is 0 Å².